The van der Waals surface area contributed by atoms with Crippen LogP contribution in [-0.2, 0) is 6.54 Å². The van der Waals surface area contributed by atoms with E-state index < -0.39 is 0 Å². The van der Waals surface area contributed by atoms with Gasteiger partial charge in [-0.2, -0.15) is 0 Å². The van der Waals surface area contributed by atoms with Crippen molar-refractivity contribution in [3.8, 4) is 0 Å². The molecule has 1 aliphatic rings. The second-order valence-corrected chi connectivity index (χ2v) is 9.67. The summed E-state index contributed by atoms with van der Waals surface area (Å²) in [6.07, 6.45) is 2.17. The van der Waals surface area contributed by atoms with Gasteiger partial charge in [-0.25, -0.2) is 0 Å². The molecule has 2 N–H and O–H groups in total. The maximum absolute atomic E-state index is 5.75. The van der Waals surface area contributed by atoms with Crippen LogP contribution in [0.15, 0.2) is 17.5 Å². The molecule has 0 unspecified atom stereocenters. The minimum absolute atomic E-state index is 0.130. The van der Waals surface area contributed by atoms with Gasteiger partial charge < -0.3 is 15.5 Å². The Bertz CT molecular complexity index is 504. The van der Waals surface area contributed by atoms with Crippen LogP contribution in [0.5, 0.6) is 0 Å². The molecule has 1 fully saturated rings. The number of nitrogens with one attached hydrogen (secondary N) is 2. The van der Waals surface area contributed by atoms with Crippen LogP contribution in [-0.4, -0.2) is 33.2 Å². The summed E-state index contributed by atoms with van der Waals surface area (Å²) < 4.78 is 0. The molecule has 0 spiro atoms. The summed E-state index contributed by atoms with van der Waals surface area (Å²) >= 11 is 7.55. The van der Waals surface area contributed by atoms with Crippen LogP contribution < -0.4 is 10.6 Å². The zero-order valence-corrected chi connectivity index (χ0v) is 16.9. The topological polar surface area (TPSA) is 27.3 Å². The van der Waals surface area contributed by atoms with Crippen molar-refractivity contribution in [2.24, 2.45) is 0 Å². The Morgan fingerprint density at radius 1 is 1.35 bits per heavy atom. The van der Waals surface area contributed by atoms with Crippen molar-refractivity contribution in [1.82, 2.24) is 15.5 Å². The average Bonchev–Trinajstić information content (AvgIpc) is 2.83. The van der Waals surface area contributed by atoms with Gasteiger partial charge in [0.2, 0.25) is 0 Å². The number of hydrogen-bond acceptors (Lipinski definition) is 3. The van der Waals surface area contributed by atoms with Crippen molar-refractivity contribution in [3.63, 3.8) is 0 Å². The number of thiophene rings is 1. The molecule has 0 aliphatic carbocycles. The summed E-state index contributed by atoms with van der Waals surface area (Å²) in [5.41, 5.74) is 0.261. The summed E-state index contributed by atoms with van der Waals surface area (Å²) in [6.45, 7) is 14.4. The molecule has 3 nitrogen and oxygen atoms in total. The number of nitrogens with zero attached hydrogens (tertiary/aromatic N) is 1. The second-order valence-electron chi connectivity index (χ2n) is 8.25. The monoisotopic (exact) mass is 353 g/mol. The molecule has 0 bridgehead atoms. The fraction of sp³-hybridized carbons (Fsp3) is 0.722. The molecule has 5 heteroatoms. The van der Waals surface area contributed by atoms with E-state index in [4.69, 9.17) is 12.2 Å². The van der Waals surface area contributed by atoms with E-state index in [0.29, 0.717) is 12.1 Å². The fourth-order valence-electron chi connectivity index (χ4n) is 3.74. The molecular formula is C18H31N3S2. The van der Waals surface area contributed by atoms with Crippen molar-refractivity contribution in [3.05, 3.63) is 22.4 Å². The van der Waals surface area contributed by atoms with Gasteiger partial charge in [0.1, 0.15) is 0 Å². The van der Waals surface area contributed by atoms with Gasteiger partial charge in [-0.05, 0) is 78.0 Å². The Kier molecular flexibility index (Phi) is 5.75. The Labute approximate surface area is 150 Å². The number of thiocarbonyl (C=S) groups is 1. The van der Waals surface area contributed by atoms with Crippen molar-refractivity contribution in [1.29, 1.82) is 0 Å². The van der Waals surface area contributed by atoms with E-state index in [1.54, 1.807) is 11.3 Å². The third-order valence-corrected chi connectivity index (χ3v) is 5.52. The molecule has 0 aromatic carbocycles. The van der Waals surface area contributed by atoms with Crippen LogP contribution in [0.1, 0.15) is 59.3 Å². The zero-order chi connectivity index (χ0) is 17.3. The molecule has 130 valence electrons. The van der Waals surface area contributed by atoms with Crippen LogP contribution in [0.4, 0.5) is 0 Å². The molecule has 1 aliphatic heterocycles. The Morgan fingerprint density at radius 2 is 1.96 bits per heavy atom. The lowest BCUT2D eigenvalue weighted by Gasteiger charge is -2.47. The molecule has 0 radical (unpaired) electrons. The highest BCUT2D eigenvalue weighted by Crippen LogP contribution is 2.28. The molecule has 1 aromatic rings. The highest BCUT2D eigenvalue weighted by atomic mass is 32.1. The van der Waals surface area contributed by atoms with Gasteiger partial charge in [0.25, 0.3) is 0 Å². The van der Waals surface area contributed by atoms with E-state index in [9.17, 15) is 0 Å². The Hall–Kier alpha value is -0.650. The summed E-state index contributed by atoms with van der Waals surface area (Å²) in [5, 5.41) is 10.4. The quantitative estimate of drug-likeness (QED) is 0.796. The molecule has 1 aromatic heterocycles. The van der Waals surface area contributed by atoms with E-state index >= 15 is 0 Å². The molecule has 2 rings (SSSR count). The van der Waals surface area contributed by atoms with E-state index in [2.05, 4.69) is 74.6 Å². The largest absolute Gasteiger partial charge is 0.360 e. The second kappa shape index (κ2) is 7.08. The van der Waals surface area contributed by atoms with Crippen LogP contribution in [0, 0.1) is 0 Å². The maximum atomic E-state index is 5.75. The van der Waals surface area contributed by atoms with Crippen molar-refractivity contribution in [2.45, 2.75) is 84.1 Å². The van der Waals surface area contributed by atoms with Crippen LogP contribution in [0.25, 0.3) is 0 Å². The SMILES string of the molecule is CC(C)N(Cc1cccs1)C(=S)NC1CC(C)(C)NC(C)(C)C1. The predicted molar refractivity (Wildman–Crippen MR) is 105 cm³/mol. The van der Waals surface area contributed by atoms with Crippen LogP contribution in [0.2, 0.25) is 0 Å². The lowest BCUT2D eigenvalue weighted by Crippen LogP contribution is -2.63. The van der Waals surface area contributed by atoms with Crippen molar-refractivity contribution in [2.75, 3.05) is 0 Å². The molecule has 2 heterocycles. The highest BCUT2D eigenvalue weighted by Gasteiger charge is 2.38. The fourth-order valence-corrected chi connectivity index (χ4v) is 4.89. The number of piperidine rings is 1. The Morgan fingerprint density at radius 3 is 2.43 bits per heavy atom. The molecule has 0 atom stereocenters. The third kappa shape index (κ3) is 5.44. The first-order chi connectivity index (χ1) is 10.6. The van der Waals surface area contributed by atoms with E-state index in [0.717, 1.165) is 24.5 Å². The smallest absolute Gasteiger partial charge is 0.169 e. The maximum Gasteiger partial charge on any atom is 0.169 e. The summed E-state index contributed by atoms with van der Waals surface area (Å²) in [6, 6.07) is 5.09. The van der Waals surface area contributed by atoms with E-state index in [1.807, 2.05) is 0 Å². The van der Waals surface area contributed by atoms with Gasteiger partial charge in [0, 0.05) is 28.0 Å². The highest BCUT2D eigenvalue weighted by molar-refractivity contribution is 7.80. The molecule has 0 saturated carbocycles. The lowest BCUT2D eigenvalue weighted by atomic mass is 9.80. The number of rotatable bonds is 4. The van der Waals surface area contributed by atoms with Gasteiger partial charge in [0.15, 0.2) is 5.11 Å². The normalized spacial score (nSPS) is 20.5. The minimum Gasteiger partial charge on any atom is -0.360 e. The zero-order valence-electron chi connectivity index (χ0n) is 15.3. The first kappa shape index (κ1) is 18.7. The van der Waals surface area contributed by atoms with Gasteiger partial charge in [-0.1, -0.05) is 6.07 Å². The van der Waals surface area contributed by atoms with Gasteiger partial charge in [-0.15, -0.1) is 11.3 Å². The standard InChI is InChI=1S/C18H31N3S2/c1-13(2)21(12-15-8-7-9-23-15)16(22)19-14-10-17(3,4)20-18(5,6)11-14/h7-9,13-14,20H,10-12H2,1-6H3,(H,19,22). The van der Waals surface area contributed by atoms with E-state index in [-0.39, 0.29) is 11.1 Å². The first-order valence-electron chi connectivity index (χ1n) is 8.47. The number of hydrogen-bond donors (Lipinski definition) is 2. The van der Waals surface area contributed by atoms with Gasteiger partial charge in [-0.3, -0.25) is 0 Å². The average molecular weight is 354 g/mol. The predicted octanol–water partition coefficient (Wildman–Crippen LogP) is 4.14. The van der Waals surface area contributed by atoms with E-state index in [1.165, 1.54) is 4.88 Å². The Balaban J connectivity index is 2.03. The van der Waals surface area contributed by atoms with Crippen LogP contribution in [0.3, 0.4) is 0 Å². The summed E-state index contributed by atoms with van der Waals surface area (Å²) in [5.74, 6) is 0. The molecule has 23 heavy (non-hydrogen) atoms. The molecule has 0 amide bonds. The summed E-state index contributed by atoms with van der Waals surface area (Å²) in [7, 11) is 0. The summed E-state index contributed by atoms with van der Waals surface area (Å²) in [4.78, 5) is 3.65. The molecule has 1 saturated heterocycles. The van der Waals surface area contributed by atoms with Crippen molar-refractivity contribution >= 4 is 28.7 Å². The minimum atomic E-state index is 0.130. The van der Waals surface area contributed by atoms with Gasteiger partial charge in [0.05, 0.1) is 6.54 Å². The third-order valence-electron chi connectivity index (χ3n) is 4.31. The molecular weight excluding hydrogens is 322 g/mol. The first-order valence-corrected chi connectivity index (χ1v) is 9.76. The van der Waals surface area contributed by atoms with Gasteiger partial charge >= 0.3 is 0 Å². The van der Waals surface area contributed by atoms with Crippen molar-refractivity contribution < 1.29 is 0 Å². The van der Waals surface area contributed by atoms with Crippen LogP contribution >= 0.6 is 23.6 Å². The lowest BCUT2D eigenvalue weighted by molar-refractivity contribution is 0.153.